The van der Waals surface area contributed by atoms with Crippen LogP contribution in [0.1, 0.15) is 25.3 Å². The molecule has 1 heterocycles. The van der Waals surface area contributed by atoms with Gasteiger partial charge in [-0.1, -0.05) is 6.07 Å². The standard InChI is InChI=1S/C17H27N3O2S/c1-17(8-5-9-23-17)12-20-16(18-2)19-11-13-6-7-14(21-3)15(10-13)22-4/h6-7,10H,5,8-9,11-12H2,1-4H3,(H2,18,19,20). The van der Waals surface area contributed by atoms with E-state index in [4.69, 9.17) is 9.47 Å². The molecule has 128 valence electrons. The maximum atomic E-state index is 5.34. The Morgan fingerprint density at radius 1 is 1.26 bits per heavy atom. The number of hydrogen-bond donors (Lipinski definition) is 2. The van der Waals surface area contributed by atoms with Gasteiger partial charge in [-0.15, -0.1) is 0 Å². The fourth-order valence-corrected chi connectivity index (χ4v) is 3.89. The highest BCUT2D eigenvalue weighted by Gasteiger charge is 2.29. The summed E-state index contributed by atoms with van der Waals surface area (Å²) >= 11 is 2.04. The van der Waals surface area contributed by atoms with Crippen LogP contribution < -0.4 is 20.1 Å². The van der Waals surface area contributed by atoms with Crippen LogP contribution in [-0.2, 0) is 6.54 Å². The van der Waals surface area contributed by atoms with E-state index in [9.17, 15) is 0 Å². The first-order valence-corrected chi connectivity index (χ1v) is 8.88. The van der Waals surface area contributed by atoms with Crippen molar-refractivity contribution in [2.45, 2.75) is 31.1 Å². The quantitative estimate of drug-likeness (QED) is 0.617. The van der Waals surface area contributed by atoms with Gasteiger partial charge in [-0.2, -0.15) is 11.8 Å². The second-order valence-corrected chi connectivity index (χ2v) is 7.55. The molecule has 1 fully saturated rings. The molecule has 0 radical (unpaired) electrons. The molecule has 0 saturated carbocycles. The van der Waals surface area contributed by atoms with E-state index in [0.29, 0.717) is 11.3 Å². The monoisotopic (exact) mass is 337 g/mol. The van der Waals surface area contributed by atoms with E-state index in [0.717, 1.165) is 29.6 Å². The minimum Gasteiger partial charge on any atom is -0.493 e. The number of ether oxygens (including phenoxy) is 2. The molecule has 2 N–H and O–H groups in total. The lowest BCUT2D eigenvalue weighted by Crippen LogP contribution is -2.43. The summed E-state index contributed by atoms with van der Waals surface area (Å²) in [6, 6.07) is 5.92. The fraction of sp³-hybridized carbons (Fsp3) is 0.588. The van der Waals surface area contributed by atoms with Gasteiger partial charge in [-0.3, -0.25) is 4.99 Å². The number of guanidine groups is 1. The third-order valence-electron chi connectivity index (χ3n) is 4.06. The lowest BCUT2D eigenvalue weighted by Gasteiger charge is -2.24. The number of nitrogens with one attached hydrogen (secondary N) is 2. The van der Waals surface area contributed by atoms with Crippen molar-refractivity contribution in [1.29, 1.82) is 0 Å². The van der Waals surface area contributed by atoms with Crippen LogP contribution in [0.15, 0.2) is 23.2 Å². The predicted molar refractivity (Wildman–Crippen MR) is 97.8 cm³/mol. The van der Waals surface area contributed by atoms with Crippen molar-refractivity contribution >= 4 is 17.7 Å². The molecular formula is C17H27N3O2S. The number of aliphatic imine (C=N–C) groups is 1. The maximum absolute atomic E-state index is 5.34. The summed E-state index contributed by atoms with van der Waals surface area (Å²) < 4.78 is 10.9. The SMILES string of the molecule is CN=C(NCc1ccc(OC)c(OC)c1)NCC1(C)CCCS1. The lowest BCUT2D eigenvalue weighted by molar-refractivity contribution is 0.354. The average Bonchev–Trinajstić information content (AvgIpc) is 3.01. The van der Waals surface area contributed by atoms with Crippen molar-refractivity contribution in [1.82, 2.24) is 10.6 Å². The van der Waals surface area contributed by atoms with Crippen LogP contribution >= 0.6 is 11.8 Å². The van der Waals surface area contributed by atoms with Crippen molar-refractivity contribution in [3.63, 3.8) is 0 Å². The summed E-state index contributed by atoms with van der Waals surface area (Å²) in [5.74, 6) is 3.57. The zero-order chi connectivity index (χ0) is 16.7. The molecule has 0 aliphatic carbocycles. The first kappa shape index (κ1) is 17.8. The van der Waals surface area contributed by atoms with E-state index in [1.807, 2.05) is 30.0 Å². The molecule has 0 spiro atoms. The summed E-state index contributed by atoms with van der Waals surface area (Å²) in [4.78, 5) is 4.30. The van der Waals surface area contributed by atoms with Gasteiger partial charge in [0.1, 0.15) is 0 Å². The van der Waals surface area contributed by atoms with Crippen LogP contribution in [0.2, 0.25) is 0 Å². The normalized spacial score (nSPS) is 21.1. The lowest BCUT2D eigenvalue weighted by atomic mass is 10.1. The summed E-state index contributed by atoms with van der Waals surface area (Å²) in [7, 11) is 5.09. The van der Waals surface area contributed by atoms with Crippen LogP contribution in [-0.4, -0.2) is 44.3 Å². The minimum atomic E-state index is 0.320. The molecule has 1 aromatic rings. The third kappa shape index (κ3) is 4.96. The molecule has 2 rings (SSSR count). The first-order valence-electron chi connectivity index (χ1n) is 7.89. The number of benzene rings is 1. The Bertz CT molecular complexity index is 543. The molecule has 1 unspecified atom stereocenters. The molecule has 23 heavy (non-hydrogen) atoms. The van der Waals surface area contributed by atoms with Crippen molar-refractivity contribution in [2.75, 3.05) is 33.6 Å². The Labute approximate surface area is 143 Å². The molecule has 1 aliphatic rings. The Morgan fingerprint density at radius 3 is 2.65 bits per heavy atom. The third-order valence-corrected chi connectivity index (χ3v) is 5.60. The van der Waals surface area contributed by atoms with Gasteiger partial charge in [0.05, 0.1) is 14.2 Å². The molecule has 1 atom stereocenters. The molecule has 1 aromatic carbocycles. The largest absolute Gasteiger partial charge is 0.493 e. The molecular weight excluding hydrogens is 310 g/mol. The van der Waals surface area contributed by atoms with Crippen LogP contribution in [0.4, 0.5) is 0 Å². The van der Waals surface area contributed by atoms with E-state index in [-0.39, 0.29) is 0 Å². The number of rotatable bonds is 6. The zero-order valence-corrected chi connectivity index (χ0v) is 15.3. The maximum Gasteiger partial charge on any atom is 0.191 e. The highest BCUT2D eigenvalue weighted by Crippen LogP contribution is 2.36. The second-order valence-electron chi connectivity index (χ2n) is 5.87. The van der Waals surface area contributed by atoms with Crippen molar-refractivity contribution in [3.8, 4) is 11.5 Å². The Balaban J connectivity index is 1.88. The molecule has 1 aliphatic heterocycles. The highest BCUT2D eigenvalue weighted by molar-refractivity contribution is 8.00. The molecule has 6 heteroatoms. The predicted octanol–water partition coefficient (Wildman–Crippen LogP) is 2.65. The van der Waals surface area contributed by atoms with Gasteiger partial charge in [0, 0.05) is 24.9 Å². The molecule has 0 amide bonds. The van der Waals surface area contributed by atoms with Gasteiger partial charge in [0.15, 0.2) is 17.5 Å². The van der Waals surface area contributed by atoms with Gasteiger partial charge >= 0.3 is 0 Å². The van der Waals surface area contributed by atoms with E-state index < -0.39 is 0 Å². The van der Waals surface area contributed by atoms with Gasteiger partial charge < -0.3 is 20.1 Å². The average molecular weight is 337 g/mol. The van der Waals surface area contributed by atoms with Gasteiger partial charge in [-0.05, 0) is 43.2 Å². The van der Waals surface area contributed by atoms with Gasteiger partial charge in [-0.25, -0.2) is 0 Å². The van der Waals surface area contributed by atoms with E-state index >= 15 is 0 Å². The smallest absolute Gasteiger partial charge is 0.191 e. The summed E-state index contributed by atoms with van der Waals surface area (Å²) in [5.41, 5.74) is 1.12. The zero-order valence-electron chi connectivity index (χ0n) is 14.4. The van der Waals surface area contributed by atoms with Crippen molar-refractivity contribution in [3.05, 3.63) is 23.8 Å². The molecule has 5 nitrogen and oxygen atoms in total. The minimum absolute atomic E-state index is 0.320. The Hall–Kier alpha value is -1.56. The number of hydrogen-bond acceptors (Lipinski definition) is 4. The van der Waals surface area contributed by atoms with Gasteiger partial charge in [0.2, 0.25) is 0 Å². The number of methoxy groups -OCH3 is 2. The topological polar surface area (TPSA) is 54.9 Å². The van der Waals surface area contributed by atoms with Gasteiger partial charge in [0.25, 0.3) is 0 Å². The van der Waals surface area contributed by atoms with E-state index in [1.165, 1.54) is 18.6 Å². The van der Waals surface area contributed by atoms with Crippen molar-refractivity contribution in [2.24, 2.45) is 4.99 Å². The fourth-order valence-electron chi connectivity index (χ4n) is 2.64. The first-order chi connectivity index (χ1) is 11.1. The van der Waals surface area contributed by atoms with Crippen molar-refractivity contribution < 1.29 is 9.47 Å². The Kier molecular flexibility index (Phi) is 6.45. The number of thioether (sulfide) groups is 1. The molecule has 1 saturated heterocycles. The Morgan fingerprint density at radius 2 is 2.04 bits per heavy atom. The van der Waals surface area contributed by atoms with Crippen LogP contribution in [0.3, 0.4) is 0 Å². The second kappa shape index (κ2) is 8.34. The number of nitrogens with zero attached hydrogens (tertiary/aromatic N) is 1. The summed E-state index contributed by atoms with van der Waals surface area (Å²) in [6.07, 6.45) is 2.57. The molecule has 0 bridgehead atoms. The summed E-state index contributed by atoms with van der Waals surface area (Å²) in [5, 5.41) is 6.78. The van der Waals surface area contributed by atoms with Crippen LogP contribution in [0, 0.1) is 0 Å². The molecule has 0 aromatic heterocycles. The highest BCUT2D eigenvalue weighted by atomic mass is 32.2. The van der Waals surface area contributed by atoms with Crippen LogP contribution in [0.25, 0.3) is 0 Å². The van der Waals surface area contributed by atoms with Crippen LogP contribution in [0.5, 0.6) is 11.5 Å². The summed E-state index contributed by atoms with van der Waals surface area (Å²) in [6.45, 7) is 3.94. The van der Waals surface area contributed by atoms with E-state index in [1.54, 1.807) is 21.3 Å². The van der Waals surface area contributed by atoms with E-state index in [2.05, 4.69) is 22.5 Å².